The fourth-order valence-corrected chi connectivity index (χ4v) is 2.27. The van der Waals surface area contributed by atoms with Gasteiger partial charge in [-0.25, -0.2) is 4.79 Å². The highest BCUT2D eigenvalue weighted by atomic mass is 16.6. The number of nitrogens with one attached hydrogen (secondary N) is 1. The summed E-state index contributed by atoms with van der Waals surface area (Å²) in [6.45, 7) is 2.14. The van der Waals surface area contributed by atoms with Gasteiger partial charge in [-0.2, -0.15) is 0 Å². The predicted octanol–water partition coefficient (Wildman–Crippen LogP) is 1.80. The molecule has 0 spiro atoms. The SMILES string of the molecule is CC(=O)NCC1CN(c2ccc(-c3ccno3)cc2)C(=O)O1. The van der Waals surface area contributed by atoms with Gasteiger partial charge in [-0.1, -0.05) is 5.16 Å². The Balaban J connectivity index is 1.69. The molecule has 1 aliphatic heterocycles. The van der Waals surface area contributed by atoms with Crippen LogP contribution in [0.1, 0.15) is 6.92 Å². The van der Waals surface area contributed by atoms with Crippen LogP contribution in [-0.4, -0.2) is 36.4 Å². The van der Waals surface area contributed by atoms with E-state index in [2.05, 4.69) is 10.5 Å². The molecule has 7 heteroatoms. The Bertz CT molecular complexity index is 667. The van der Waals surface area contributed by atoms with Crippen molar-refractivity contribution in [1.29, 1.82) is 0 Å². The smallest absolute Gasteiger partial charge is 0.414 e. The molecule has 0 bridgehead atoms. The van der Waals surface area contributed by atoms with Crippen molar-refractivity contribution in [3.8, 4) is 11.3 Å². The maximum atomic E-state index is 11.9. The van der Waals surface area contributed by atoms with Gasteiger partial charge in [-0.15, -0.1) is 0 Å². The van der Waals surface area contributed by atoms with E-state index in [1.165, 1.54) is 11.8 Å². The average Bonchev–Trinajstić information content (AvgIpc) is 3.15. The minimum Gasteiger partial charge on any atom is -0.442 e. The van der Waals surface area contributed by atoms with Gasteiger partial charge in [0.25, 0.3) is 0 Å². The lowest BCUT2D eigenvalue weighted by atomic mass is 10.1. The maximum Gasteiger partial charge on any atom is 0.414 e. The van der Waals surface area contributed by atoms with Crippen molar-refractivity contribution in [2.24, 2.45) is 0 Å². The Labute approximate surface area is 126 Å². The number of carbonyl (C=O) groups is 2. The van der Waals surface area contributed by atoms with Gasteiger partial charge in [0.05, 0.1) is 19.3 Å². The van der Waals surface area contributed by atoms with Crippen LogP contribution in [0.15, 0.2) is 41.1 Å². The zero-order valence-electron chi connectivity index (χ0n) is 12.0. The Morgan fingerprint density at radius 3 is 2.77 bits per heavy atom. The summed E-state index contributed by atoms with van der Waals surface area (Å²) in [5.74, 6) is 0.519. The molecular formula is C15H15N3O4. The second kappa shape index (κ2) is 5.88. The van der Waals surface area contributed by atoms with Crippen LogP contribution in [0.5, 0.6) is 0 Å². The van der Waals surface area contributed by atoms with Crippen LogP contribution in [0.2, 0.25) is 0 Å². The van der Waals surface area contributed by atoms with Crippen LogP contribution < -0.4 is 10.2 Å². The standard InChI is InChI=1S/C15H15N3O4/c1-10(19)16-8-13-9-18(15(20)21-13)12-4-2-11(3-5-12)14-6-7-17-22-14/h2-7,13H,8-9H2,1H3,(H,16,19). The molecule has 22 heavy (non-hydrogen) atoms. The van der Waals surface area contributed by atoms with E-state index in [0.717, 1.165) is 11.3 Å². The second-order valence-electron chi connectivity index (χ2n) is 4.98. The number of anilines is 1. The van der Waals surface area contributed by atoms with E-state index in [4.69, 9.17) is 9.26 Å². The Kier molecular flexibility index (Phi) is 3.78. The van der Waals surface area contributed by atoms with Gasteiger partial charge in [-0.3, -0.25) is 9.69 Å². The van der Waals surface area contributed by atoms with Crippen LogP contribution in [0.25, 0.3) is 11.3 Å². The van der Waals surface area contributed by atoms with E-state index in [0.29, 0.717) is 18.8 Å². The van der Waals surface area contributed by atoms with Crippen molar-refractivity contribution in [3.63, 3.8) is 0 Å². The summed E-state index contributed by atoms with van der Waals surface area (Å²) in [5.41, 5.74) is 1.61. The number of amides is 2. The average molecular weight is 301 g/mol. The zero-order valence-corrected chi connectivity index (χ0v) is 12.0. The highest BCUT2D eigenvalue weighted by Crippen LogP contribution is 2.25. The van der Waals surface area contributed by atoms with Crippen LogP contribution in [0.4, 0.5) is 10.5 Å². The molecule has 2 amide bonds. The Morgan fingerprint density at radius 1 is 1.36 bits per heavy atom. The van der Waals surface area contributed by atoms with Crippen LogP contribution in [0, 0.1) is 0 Å². The summed E-state index contributed by atoms with van der Waals surface area (Å²) in [6.07, 6.45) is 0.821. The zero-order chi connectivity index (χ0) is 15.5. The van der Waals surface area contributed by atoms with Gasteiger partial charge in [0, 0.05) is 24.2 Å². The number of cyclic esters (lactones) is 1. The number of rotatable bonds is 4. The van der Waals surface area contributed by atoms with Gasteiger partial charge in [0.2, 0.25) is 5.91 Å². The molecule has 1 saturated heterocycles. The topological polar surface area (TPSA) is 84.7 Å². The molecule has 1 aromatic carbocycles. The van der Waals surface area contributed by atoms with Crippen molar-refractivity contribution >= 4 is 17.7 Å². The minimum atomic E-state index is -0.414. The molecule has 0 aliphatic carbocycles. The lowest BCUT2D eigenvalue weighted by Gasteiger charge is -2.13. The summed E-state index contributed by atoms with van der Waals surface area (Å²) in [5, 5.41) is 6.31. The van der Waals surface area contributed by atoms with E-state index in [9.17, 15) is 9.59 Å². The quantitative estimate of drug-likeness (QED) is 0.931. The highest BCUT2D eigenvalue weighted by Gasteiger charge is 2.32. The second-order valence-corrected chi connectivity index (χ2v) is 4.98. The van der Waals surface area contributed by atoms with Crippen molar-refractivity contribution in [2.45, 2.75) is 13.0 Å². The lowest BCUT2D eigenvalue weighted by molar-refractivity contribution is -0.119. The number of carbonyl (C=O) groups excluding carboxylic acids is 2. The molecule has 3 rings (SSSR count). The summed E-state index contributed by atoms with van der Waals surface area (Å²) < 4.78 is 10.3. The number of benzene rings is 1. The Morgan fingerprint density at radius 2 is 2.14 bits per heavy atom. The molecule has 2 aromatic rings. The van der Waals surface area contributed by atoms with E-state index in [1.807, 2.05) is 24.3 Å². The van der Waals surface area contributed by atoms with E-state index in [1.54, 1.807) is 12.3 Å². The summed E-state index contributed by atoms with van der Waals surface area (Å²) in [6, 6.07) is 9.11. The van der Waals surface area contributed by atoms with Crippen molar-refractivity contribution in [3.05, 3.63) is 36.5 Å². The third-order valence-electron chi connectivity index (χ3n) is 3.35. The monoisotopic (exact) mass is 301 g/mol. The minimum absolute atomic E-state index is 0.147. The number of nitrogens with zero attached hydrogens (tertiary/aromatic N) is 2. The van der Waals surface area contributed by atoms with Gasteiger partial charge < -0.3 is 14.6 Å². The molecule has 1 aliphatic rings. The van der Waals surface area contributed by atoms with Gasteiger partial charge >= 0.3 is 6.09 Å². The molecular weight excluding hydrogens is 286 g/mol. The first kappa shape index (κ1) is 14.1. The lowest BCUT2D eigenvalue weighted by Crippen LogP contribution is -2.33. The molecule has 0 radical (unpaired) electrons. The first-order chi connectivity index (χ1) is 10.6. The van der Waals surface area contributed by atoms with Gasteiger partial charge in [-0.05, 0) is 24.3 Å². The molecule has 2 heterocycles. The van der Waals surface area contributed by atoms with Crippen LogP contribution in [-0.2, 0) is 9.53 Å². The number of aromatic nitrogens is 1. The molecule has 1 fully saturated rings. The molecule has 1 unspecified atom stereocenters. The molecule has 1 atom stereocenters. The summed E-state index contributed by atoms with van der Waals surface area (Å²) in [7, 11) is 0. The Hall–Kier alpha value is -2.83. The third-order valence-corrected chi connectivity index (χ3v) is 3.35. The molecule has 114 valence electrons. The third kappa shape index (κ3) is 2.93. The normalized spacial score (nSPS) is 17.4. The number of ether oxygens (including phenoxy) is 1. The van der Waals surface area contributed by atoms with E-state index >= 15 is 0 Å². The van der Waals surface area contributed by atoms with Crippen LogP contribution in [0.3, 0.4) is 0 Å². The first-order valence-corrected chi connectivity index (χ1v) is 6.87. The first-order valence-electron chi connectivity index (χ1n) is 6.87. The predicted molar refractivity (Wildman–Crippen MR) is 78.2 cm³/mol. The number of hydrogen-bond acceptors (Lipinski definition) is 5. The van der Waals surface area contributed by atoms with Crippen molar-refractivity contribution in [1.82, 2.24) is 10.5 Å². The summed E-state index contributed by atoms with van der Waals surface area (Å²) >= 11 is 0. The fraction of sp³-hybridized carbons (Fsp3) is 0.267. The summed E-state index contributed by atoms with van der Waals surface area (Å²) in [4.78, 5) is 24.3. The largest absolute Gasteiger partial charge is 0.442 e. The molecule has 1 N–H and O–H groups in total. The number of hydrogen-bond donors (Lipinski definition) is 1. The van der Waals surface area contributed by atoms with E-state index in [-0.39, 0.29) is 12.0 Å². The van der Waals surface area contributed by atoms with Crippen molar-refractivity contribution in [2.75, 3.05) is 18.0 Å². The van der Waals surface area contributed by atoms with Crippen LogP contribution >= 0.6 is 0 Å². The van der Waals surface area contributed by atoms with Gasteiger partial charge in [0.15, 0.2) is 5.76 Å². The fourth-order valence-electron chi connectivity index (χ4n) is 2.27. The maximum absolute atomic E-state index is 11.9. The molecule has 7 nitrogen and oxygen atoms in total. The molecule has 1 aromatic heterocycles. The highest BCUT2D eigenvalue weighted by molar-refractivity contribution is 5.90. The van der Waals surface area contributed by atoms with Crippen molar-refractivity contribution < 1.29 is 18.8 Å². The van der Waals surface area contributed by atoms with Gasteiger partial charge in [0.1, 0.15) is 6.10 Å². The molecule has 0 saturated carbocycles. The van der Waals surface area contributed by atoms with E-state index < -0.39 is 6.09 Å².